The van der Waals surface area contributed by atoms with Gasteiger partial charge in [0.15, 0.2) is 0 Å². The largest absolute Gasteiger partial charge is 0.393 e. The predicted molar refractivity (Wildman–Crippen MR) is 82.6 cm³/mol. The first kappa shape index (κ1) is 16.4. The SMILES string of the molecule is CC1(C)CC(O)CC(C)(C)N1OC(CO)c1ccccc1. The van der Waals surface area contributed by atoms with E-state index in [4.69, 9.17) is 4.84 Å². The Hall–Kier alpha value is -0.940. The van der Waals surface area contributed by atoms with Crippen LogP contribution in [0, 0.1) is 0 Å². The summed E-state index contributed by atoms with van der Waals surface area (Å²) in [5.41, 5.74) is 0.380. The first-order valence-electron chi connectivity index (χ1n) is 7.57. The second-order valence-electron chi connectivity index (χ2n) is 7.17. The van der Waals surface area contributed by atoms with Crippen LogP contribution in [0.15, 0.2) is 30.3 Å². The lowest BCUT2D eigenvalue weighted by atomic mass is 9.80. The van der Waals surface area contributed by atoms with Crippen molar-refractivity contribution in [3.05, 3.63) is 35.9 Å². The number of hydrogen-bond acceptors (Lipinski definition) is 4. The van der Waals surface area contributed by atoms with Crippen molar-refractivity contribution < 1.29 is 15.1 Å². The van der Waals surface area contributed by atoms with E-state index in [1.54, 1.807) is 0 Å². The summed E-state index contributed by atoms with van der Waals surface area (Å²) in [6.07, 6.45) is 0.603. The number of benzene rings is 1. The van der Waals surface area contributed by atoms with Gasteiger partial charge in [0.2, 0.25) is 0 Å². The molecule has 118 valence electrons. The molecule has 4 heteroatoms. The molecule has 1 saturated heterocycles. The van der Waals surface area contributed by atoms with E-state index in [1.807, 2.05) is 35.4 Å². The van der Waals surface area contributed by atoms with Crippen LogP contribution in [0.25, 0.3) is 0 Å². The molecule has 1 fully saturated rings. The molecule has 0 aliphatic carbocycles. The number of piperidine rings is 1. The Balaban J connectivity index is 2.22. The van der Waals surface area contributed by atoms with Crippen molar-refractivity contribution in [2.24, 2.45) is 0 Å². The number of hydrogen-bond donors (Lipinski definition) is 2. The van der Waals surface area contributed by atoms with E-state index in [0.717, 1.165) is 5.56 Å². The second-order valence-corrected chi connectivity index (χ2v) is 7.17. The zero-order valence-electron chi connectivity index (χ0n) is 13.4. The van der Waals surface area contributed by atoms with Crippen molar-refractivity contribution in [3.63, 3.8) is 0 Å². The van der Waals surface area contributed by atoms with Crippen molar-refractivity contribution in [3.8, 4) is 0 Å². The van der Waals surface area contributed by atoms with E-state index in [2.05, 4.69) is 27.7 Å². The fourth-order valence-electron chi connectivity index (χ4n) is 3.49. The Kier molecular flexibility index (Phi) is 4.73. The molecule has 0 amide bonds. The number of hydroxylamine groups is 2. The first-order chi connectivity index (χ1) is 9.76. The monoisotopic (exact) mass is 293 g/mol. The highest BCUT2D eigenvalue weighted by atomic mass is 16.7. The van der Waals surface area contributed by atoms with Crippen LogP contribution >= 0.6 is 0 Å². The normalized spacial score (nSPS) is 23.9. The average molecular weight is 293 g/mol. The molecule has 0 saturated carbocycles. The molecule has 1 unspecified atom stereocenters. The Morgan fingerprint density at radius 1 is 1.14 bits per heavy atom. The third kappa shape index (κ3) is 3.64. The van der Waals surface area contributed by atoms with Gasteiger partial charge in [0, 0.05) is 11.1 Å². The van der Waals surface area contributed by atoms with Crippen LogP contribution in [0.4, 0.5) is 0 Å². The number of aliphatic hydroxyl groups excluding tert-OH is 2. The van der Waals surface area contributed by atoms with Crippen molar-refractivity contribution >= 4 is 0 Å². The Morgan fingerprint density at radius 3 is 2.14 bits per heavy atom. The highest BCUT2D eigenvalue weighted by Crippen LogP contribution is 2.40. The lowest BCUT2D eigenvalue weighted by Crippen LogP contribution is -2.61. The highest BCUT2D eigenvalue weighted by Gasteiger charge is 2.47. The Morgan fingerprint density at radius 2 is 1.67 bits per heavy atom. The van der Waals surface area contributed by atoms with Gasteiger partial charge in [-0.25, -0.2) is 0 Å². The molecule has 0 spiro atoms. The van der Waals surface area contributed by atoms with Crippen LogP contribution in [0.2, 0.25) is 0 Å². The van der Waals surface area contributed by atoms with Crippen molar-refractivity contribution in [1.82, 2.24) is 5.06 Å². The second kappa shape index (κ2) is 6.05. The van der Waals surface area contributed by atoms with Gasteiger partial charge in [-0.15, -0.1) is 0 Å². The quantitative estimate of drug-likeness (QED) is 0.896. The molecular weight excluding hydrogens is 266 g/mol. The third-order valence-corrected chi connectivity index (χ3v) is 4.14. The van der Waals surface area contributed by atoms with Crippen LogP contribution < -0.4 is 0 Å². The molecule has 2 N–H and O–H groups in total. The minimum atomic E-state index is -0.389. The number of aliphatic hydroxyl groups is 2. The summed E-state index contributed by atoms with van der Waals surface area (Å²) in [7, 11) is 0. The van der Waals surface area contributed by atoms with Gasteiger partial charge in [-0.05, 0) is 46.1 Å². The zero-order chi connectivity index (χ0) is 15.7. The van der Waals surface area contributed by atoms with E-state index in [1.165, 1.54) is 0 Å². The summed E-state index contributed by atoms with van der Waals surface area (Å²) in [5, 5.41) is 21.7. The number of nitrogens with zero attached hydrogens (tertiary/aromatic N) is 1. The molecule has 0 radical (unpaired) electrons. The van der Waals surface area contributed by atoms with Crippen LogP contribution in [0.1, 0.15) is 52.2 Å². The molecule has 1 heterocycles. The van der Waals surface area contributed by atoms with Crippen molar-refractivity contribution in [2.75, 3.05) is 6.61 Å². The summed E-state index contributed by atoms with van der Waals surface area (Å²) < 4.78 is 0. The van der Waals surface area contributed by atoms with Gasteiger partial charge in [-0.3, -0.25) is 4.84 Å². The van der Waals surface area contributed by atoms with Crippen LogP contribution in [-0.2, 0) is 4.84 Å². The van der Waals surface area contributed by atoms with E-state index in [-0.39, 0.29) is 29.9 Å². The maximum absolute atomic E-state index is 10.1. The fraction of sp³-hybridized carbons (Fsp3) is 0.647. The molecule has 1 aliphatic heterocycles. The highest BCUT2D eigenvalue weighted by molar-refractivity contribution is 5.17. The van der Waals surface area contributed by atoms with Gasteiger partial charge >= 0.3 is 0 Å². The van der Waals surface area contributed by atoms with Gasteiger partial charge in [-0.2, -0.15) is 5.06 Å². The minimum Gasteiger partial charge on any atom is -0.393 e. The minimum absolute atomic E-state index is 0.0742. The molecule has 1 atom stereocenters. The molecule has 4 nitrogen and oxygen atoms in total. The fourth-order valence-corrected chi connectivity index (χ4v) is 3.49. The summed E-state index contributed by atoms with van der Waals surface area (Å²) in [4.78, 5) is 6.18. The summed E-state index contributed by atoms with van der Waals surface area (Å²) in [5.74, 6) is 0. The smallest absolute Gasteiger partial charge is 0.127 e. The Labute approximate surface area is 127 Å². The molecule has 1 aromatic carbocycles. The standard InChI is InChI=1S/C17H27NO3/c1-16(2)10-14(20)11-17(3,4)18(16)21-15(12-19)13-8-6-5-7-9-13/h5-9,14-15,19-20H,10-12H2,1-4H3. The maximum atomic E-state index is 10.1. The van der Waals surface area contributed by atoms with Gasteiger partial charge in [0.05, 0.1) is 12.7 Å². The topological polar surface area (TPSA) is 52.9 Å². The summed E-state index contributed by atoms with van der Waals surface area (Å²) >= 11 is 0. The molecule has 1 aliphatic rings. The van der Waals surface area contributed by atoms with Gasteiger partial charge in [0.25, 0.3) is 0 Å². The predicted octanol–water partition coefficient (Wildman–Crippen LogP) is 2.67. The van der Waals surface area contributed by atoms with E-state index < -0.39 is 0 Å². The maximum Gasteiger partial charge on any atom is 0.127 e. The molecule has 2 rings (SSSR count). The van der Waals surface area contributed by atoms with E-state index >= 15 is 0 Å². The third-order valence-electron chi connectivity index (χ3n) is 4.14. The van der Waals surface area contributed by atoms with Crippen LogP contribution in [0.3, 0.4) is 0 Å². The van der Waals surface area contributed by atoms with Gasteiger partial charge in [0.1, 0.15) is 6.10 Å². The van der Waals surface area contributed by atoms with Gasteiger partial charge < -0.3 is 10.2 Å². The summed E-state index contributed by atoms with van der Waals surface area (Å²) in [6.45, 7) is 8.19. The molecule has 21 heavy (non-hydrogen) atoms. The van der Waals surface area contributed by atoms with E-state index in [9.17, 15) is 10.2 Å². The van der Waals surface area contributed by atoms with Gasteiger partial charge in [-0.1, -0.05) is 30.3 Å². The van der Waals surface area contributed by atoms with E-state index in [0.29, 0.717) is 12.8 Å². The zero-order valence-corrected chi connectivity index (χ0v) is 13.4. The molecule has 0 aromatic heterocycles. The molecule has 0 bridgehead atoms. The van der Waals surface area contributed by atoms with Crippen LogP contribution in [-0.4, -0.2) is 39.1 Å². The lowest BCUT2D eigenvalue weighted by Gasteiger charge is -2.53. The Bertz CT molecular complexity index is 440. The van der Waals surface area contributed by atoms with Crippen molar-refractivity contribution in [1.29, 1.82) is 0 Å². The molecular formula is C17H27NO3. The first-order valence-corrected chi connectivity index (χ1v) is 7.57. The molecule has 1 aromatic rings. The number of rotatable bonds is 4. The lowest BCUT2D eigenvalue weighted by molar-refractivity contribution is -0.320. The average Bonchev–Trinajstić information content (AvgIpc) is 2.37. The van der Waals surface area contributed by atoms with Crippen molar-refractivity contribution in [2.45, 2.75) is 63.8 Å². The summed E-state index contributed by atoms with van der Waals surface area (Å²) in [6, 6.07) is 9.75. The van der Waals surface area contributed by atoms with Crippen LogP contribution in [0.5, 0.6) is 0 Å².